The first-order valence-corrected chi connectivity index (χ1v) is 15.3. The first kappa shape index (κ1) is 32.1. The van der Waals surface area contributed by atoms with Crippen molar-refractivity contribution >= 4 is 50.5 Å². The number of benzene rings is 2. The van der Waals surface area contributed by atoms with Crippen LogP contribution in [-0.2, 0) is 25.8 Å². The fourth-order valence-electron chi connectivity index (χ4n) is 3.93. The van der Waals surface area contributed by atoms with Crippen LogP contribution in [0.2, 0.25) is 5.02 Å². The predicted octanol–water partition coefficient (Wildman–Crippen LogP) is 5.54. The van der Waals surface area contributed by atoms with Crippen molar-refractivity contribution in [1.82, 2.24) is 14.9 Å². The quantitative estimate of drug-likeness (QED) is 0.228. The number of hydrogen-bond donors (Lipinski definition) is 2. The maximum atomic E-state index is 12.9. The molecule has 0 fully saturated rings. The summed E-state index contributed by atoms with van der Waals surface area (Å²) in [7, 11) is -0.211. The average molecular weight is 604 g/mol. The molecule has 1 aromatic heterocycles. The summed E-state index contributed by atoms with van der Waals surface area (Å²) < 4.78 is 36.7. The van der Waals surface area contributed by atoms with Gasteiger partial charge in [-0.3, -0.25) is 4.79 Å². The summed E-state index contributed by atoms with van der Waals surface area (Å²) in [5, 5.41) is 5.86. The Hall–Kier alpha value is -3.41. The first-order valence-electron chi connectivity index (χ1n) is 13.4. The van der Waals surface area contributed by atoms with Crippen molar-refractivity contribution in [1.29, 1.82) is 0 Å². The van der Waals surface area contributed by atoms with Crippen LogP contribution < -0.4 is 15.4 Å². The van der Waals surface area contributed by atoms with Crippen molar-refractivity contribution in [3.05, 3.63) is 58.7 Å². The van der Waals surface area contributed by atoms with Gasteiger partial charge in [-0.2, -0.15) is 4.98 Å². The zero-order chi connectivity index (χ0) is 30.2. The summed E-state index contributed by atoms with van der Waals surface area (Å²) in [6.45, 7) is 8.42. The number of anilines is 4. The summed E-state index contributed by atoms with van der Waals surface area (Å²) in [5.74, 6) is 1.00. The highest BCUT2D eigenvalue weighted by Gasteiger charge is 2.23. The number of nitrogens with zero attached hydrogens (tertiary/aromatic N) is 3. The minimum atomic E-state index is -3.55. The molecule has 12 heteroatoms. The van der Waals surface area contributed by atoms with Gasteiger partial charge in [0.25, 0.3) is 0 Å². The second kappa shape index (κ2) is 14.5. The molecule has 10 nitrogen and oxygen atoms in total. The lowest BCUT2D eigenvalue weighted by Gasteiger charge is -2.19. The average Bonchev–Trinajstić information content (AvgIpc) is 2.94. The Bertz CT molecular complexity index is 1470. The molecule has 1 amide bonds. The highest BCUT2D eigenvalue weighted by atomic mass is 35.5. The van der Waals surface area contributed by atoms with E-state index >= 15 is 0 Å². The number of aryl methyl sites for hydroxylation is 1. The molecule has 0 atom stereocenters. The van der Waals surface area contributed by atoms with E-state index < -0.39 is 15.1 Å². The van der Waals surface area contributed by atoms with Gasteiger partial charge in [0.1, 0.15) is 17.4 Å². The molecule has 0 radical (unpaired) electrons. The van der Waals surface area contributed by atoms with Gasteiger partial charge in [0.2, 0.25) is 11.9 Å². The van der Waals surface area contributed by atoms with E-state index in [0.717, 1.165) is 17.5 Å². The van der Waals surface area contributed by atoms with E-state index in [0.29, 0.717) is 36.7 Å². The van der Waals surface area contributed by atoms with E-state index in [-0.39, 0.29) is 34.2 Å². The Morgan fingerprint density at radius 1 is 1.15 bits per heavy atom. The number of methoxy groups -OCH3 is 1. The summed E-state index contributed by atoms with van der Waals surface area (Å²) in [4.78, 5) is 22.9. The largest absolute Gasteiger partial charge is 0.495 e. The Kier molecular flexibility index (Phi) is 11.3. The molecule has 0 unspecified atom stereocenters. The van der Waals surface area contributed by atoms with Crippen LogP contribution in [0, 0.1) is 6.92 Å². The van der Waals surface area contributed by atoms with Crippen LogP contribution in [0.25, 0.3) is 0 Å². The maximum absolute atomic E-state index is 12.9. The number of sulfone groups is 1. The number of para-hydroxylation sites is 1. The molecule has 2 N–H and O–H groups in total. The Morgan fingerprint density at radius 3 is 2.56 bits per heavy atom. The predicted molar refractivity (Wildman–Crippen MR) is 163 cm³/mol. The number of aromatic nitrogens is 2. The molecule has 2 aromatic carbocycles. The highest BCUT2D eigenvalue weighted by molar-refractivity contribution is 7.92. The van der Waals surface area contributed by atoms with Crippen LogP contribution in [0.4, 0.5) is 23.1 Å². The van der Waals surface area contributed by atoms with E-state index in [9.17, 15) is 13.2 Å². The normalized spacial score (nSPS) is 11.4. The van der Waals surface area contributed by atoms with Gasteiger partial charge in [-0.05, 0) is 69.0 Å². The molecule has 3 aromatic rings. The fraction of sp³-hybridized carbons (Fsp3) is 0.414. The molecule has 3 rings (SSSR count). The van der Waals surface area contributed by atoms with Gasteiger partial charge in [0.15, 0.2) is 15.7 Å². The van der Waals surface area contributed by atoms with E-state index in [2.05, 4.69) is 20.6 Å². The molecule has 0 saturated carbocycles. The van der Waals surface area contributed by atoms with Crippen LogP contribution in [0.5, 0.6) is 5.75 Å². The molecule has 0 spiro atoms. The van der Waals surface area contributed by atoms with Crippen LogP contribution in [0.3, 0.4) is 0 Å². The van der Waals surface area contributed by atoms with Gasteiger partial charge >= 0.3 is 0 Å². The number of carbonyl (C=O) groups excluding carboxylic acids is 1. The van der Waals surface area contributed by atoms with Crippen molar-refractivity contribution in [2.24, 2.45) is 0 Å². The van der Waals surface area contributed by atoms with Crippen LogP contribution >= 0.6 is 11.6 Å². The smallest absolute Gasteiger partial charge is 0.248 e. The molecule has 0 aliphatic rings. The van der Waals surface area contributed by atoms with Gasteiger partial charge in [0.05, 0.1) is 34.8 Å². The molecule has 1 heterocycles. The number of likely N-dealkylation sites (N-methyl/N-ethyl adjacent to an activating group) is 1. The van der Waals surface area contributed by atoms with Crippen LogP contribution in [0.1, 0.15) is 38.3 Å². The second-order valence-corrected chi connectivity index (χ2v) is 12.7. The molecule has 0 aliphatic heterocycles. The van der Waals surface area contributed by atoms with Gasteiger partial charge < -0.3 is 25.0 Å². The van der Waals surface area contributed by atoms with Crippen LogP contribution in [-0.4, -0.2) is 68.4 Å². The number of carbonyl (C=O) groups is 1. The van der Waals surface area contributed by atoms with Gasteiger partial charge in [-0.1, -0.05) is 30.7 Å². The number of rotatable bonds is 14. The number of nitrogens with one attached hydrogen (secondary N) is 2. The number of ether oxygens (including phenoxy) is 2. The monoisotopic (exact) mass is 603 g/mol. The van der Waals surface area contributed by atoms with Gasteiger partial charge in [-0.25, -0.2) is 13.4 Å². The molecular weight excluding hydrogens is 566 g/mol. The minimum Gasteiger partial charge on any atom is -0.495 e. The zero-order valence-corrected chi connectivity index (χ0v) is 25.9. The molecule has 0 saturated heterocycles. The molecular formula is C29H38ClN5O5S. The molecule has 0 bridgehead atoms. The van der Waals surface area contributed by atoms with E-state index in [1.807, 2.05) is 26.0 Å². The van der Waals surface area contributed by atoms with E-state index in [1.165, 1.54) is 6.20 Å². The van der Waals surface area contributed by atoms with Crippen molar-refractivity contribution in [2.45, 2.75) is 50.7 Å². The summed E-state index contributed by atoms with van der Waals surface area (Å²) in [6.07, 6.45) is 2.94. The van der Waals surface area contributed by atoms with E-state index in [1.54, 1.807) is 57.2 Å². The molecule has 41 heavy (non-hydrogen) atoms. The lowest BCUT2D eigenvalue weighted by molar-refractivity contribution is -0.134. The third-order valence-corrected chi connectivity index (χ3v) is 8.92. The third kappa shape index (κ3) is 8.31. The number of amides is 1. The summed E-state index contributed by atoms with van der Waals surface area (Å²) >= 11 is 6.38. The molecule has 0 aliphatic carbocycles. The fourth-order valence-corrected chi connectivity index (χ4v) is 5.27. The SMILES string of the molecule is CCCOCC(=O)N(C)CCc1cc(OC)c(Nc2ncc(Cl)c(Nc3ccccc3S(=O)(=O)C(C)C)n2)cc1C. The Morgan fingerprint density at radius 2 is 1.88 bits per heavy atom. The third-order valence-electron chi connectivity index (χ3n) is 6.43. The van der Waals surface area contributed by atoms with Crippen LogP contribution in [0.15, 0.2) is 47.5 Å². The first-order chi connectivity index (χ1) is 19.5. The Balaban J connectivity index is 1.79. The highest BCUT2D eigenvalue weighted by Crippen LogP contribution is 2.33. The maximum Gasteiger partial charge on any atom is 0.248 e. The summed E-state index contributed by atoms with van der Waals surface area (Å²) in [6, 6.07) is 10.5. The van der Waals surface area contributed by atoms with Crippen molar-refractivity contribution in [3.63, 3.8) is 0 Å². The Labute approximate surface area is 247 Å². The lowest BCUT2D eigenvalue weighted by atomic mass is 10.0. The van der Waals surface area contributed by atoms with Crippen molar-refractivity contribution in [3.8, 4) is 5.75 Å². The van der Waals surface area contributed by atoms with Gasteiger partial charge in [-0.15, -0.1) is 0 Å². The number of hydrogen-bond acceptors (Lipinski definition) is 9. The minimum absolute atomic E-state index is 0.0601. The standard InChI is InChI=1S/C29H38ClN5O5S/c1-7-14-40-18-27(36)35(5)13-12-21-16-25(39-6)24(15-20(21)4)33-29-31-17-22(30)28(34-29)32-23-10-8-9-11-26(23)41(37,38)19(2)3/h8-11,15-17,19H,7,12-14,18H2,1-6H3,(H2,31,32,33,34). The van der Waals surface area contributed by atoms with E-state index in [4.69, 9.17) is 21.1 Å². The zero-order valence-electron chi connectivity index (χ0n) is 24.3. The van der Waals surface area contributed by atoms with Crippen molar-refractivity contribution in [2.75, 3.05) is 44.5 Å². The second-order valence-electron chi connectivity index (χ2n) is 9.83. The summed E-state index contributed by atoms with van der Waals surface area (Å²) in [5.41, 5.74) is 3.04. The van der Waals surface area contributed by atoms with Gasteiger partial charge in [0, 0.05) is 20.2 Å². The molecule has 222 valence electrons. The lowest BCUT2D eigenvalue weighted by Crippen LogP contribution is -2.32. The van der Waals surface area contributed by atoms with Crippen molar-refractivity contribution < 1.29 is 22.7 Å². The topological polar surface area (TPSA) is 123 Å². The number of halogens is 1.